The molecule has 0 radical (unpaired) electrons. The lowest BCUT2D eigenvalue weighted by molar-refractivity contribution is 0.110. The SMILES string of the molecule is O=Cc1c(O)cnc(CCl)c1C(F)F. The molecule has 0 saturated heterocycles. The average Bonchev–Trinajstić information content (AvgIpc) is 2.17. The number of rotatable bonds is 3. The summed E-state index contributed by atoms with van der Waals surface area (Å²) in [6.07, 6.45) is -1.80. The molecule has 1 heterocycles. The van der Waals surface area contributed by atoms with Gasteiger partial charge in [0.2, 0.25) is 0 Å². The van der Waals surface area contributed by atoms with Crippen molar-refractivity contribution in [2.75, 3.05) is 0 Å². The van der Waals surface area contributed by atoms with Crippen LogP contribution in [-0.2, 0) is 5.88 Å². The lowest BCUT2D eigenvalue weighted by Crippen LogP contribution is -2.02. The van der Waals surface area contributed by atoms with E-state index in [2.05, 4.69) is 4.98 Å². The summed E-state index contributed by atoms with van der Waals surface area (Å²) in [6.45, 7) is 0. The van der Waals surface area contributed by atoms with Gasteiger partial charge in [-0.05, 0) is 0 Å². The molecule has 0 aliphatic carbocycles. The van der Waals surface area contributed by atoms with Crippen LogP contribution in [0.4, 0.5) is 8.78 Å². The minimum absolute atomic E-state index is 0.0958. The number of aldehydes is 1. The van der Waals surface area contributed by atoms with Crippen molar-refractivity contribution in [1.82, 2.24) is 4.98 Å². The number of aromatic hydroxyl groups is 1. The molecule has 3 nitrogen and oxygen atoms in total. The molecule has 0 saturated carbocycles. The lowest BCUT2D eigenvalue weighted by atomic mass is 10.1. The molecular formula is C8H6ClF2NO2. The highest BCUT2D eigenvalue weighted by Gasteiger charge is 2.21. The third-order valence-electron chi connectivity index (χ3n) is 1.68. The molecule has 1 aromatic rings. The number of halogens is 3. The van der Waals surface area contributed by atoms with Crippen LogP contribution < -0.4 is 0 Å². The lowest BCUT2D eigenvalue weighted by Gasteiger charge is -2.08. The quantitative estimate of drug-likeness (QED) is 0.629. The largest absolute Gasteiger partial charge is 0.506 e. The summed E-state index contributed by atoms with van der Waals surface area (Å²) in [5, 5.41) is 9.09. The molecule has 0 aliphatic rings. The van der Waals surface area contributed by atoms with E-state index >= 15 is 0 Å². The Kier molecular flexibility index (Phi) is 3.35. The molecule has 76 valence electrons. The van der Waals surface area contributed by atoms with Crippen LogP contribution >= 0.6 is 11.6 Å². The van der Waals surface area contributed by atoms with Gasteiger partial charge in [0.25, 0.3) is 6.43 Å². The number of hydrogen-bond acceptors (Lipinski definition) is 3. The van der Waals surface area contributed by atoms with Crippen LogP contribution in [0.1, 0.15) is 28.0 Å². The van der Waals surface area contributed by atoms with E-state index in [-0.39, 0.29) is 17.9 Å². The maximum Gasteiger partial charge on any atom is 0.266 e. The second-order valence-electron chi connectivity index (χ2n) is 2.47. The molecule has 0 amide bonds. The fourth-order valence-electron chi connectivity index (χ4n) is 1.05. The van der Waals surface area contributed by atoms with Crippen molar-refractivity contribution in [3.05, 3.63) is 23.0 Å². The Labute approximate surface area is 83.3 Å². The highest BCUT2D eigenvalue weighted by Crippen LogP contribution is 2.30. The zero-order valence-electron chi connectivity index (χ0n) is 6.88. The van der Waals surface area contributed by atoms with Crippen LogP contribution in [0, 0.1) is 0 Å². The number of alkyl halides is 3. The molecule has 1 rings (SSSR count). The molecule has 1 N–H and O–H groups in total. The maximum absolute atomic E-state index is 12.5. The van der Waals surface area contributed by atoms with Crippen molar-refractivity contribution < 1.29 is 18.7 Å². The first-order valence-corrected chi connectivity index (χ1v) is 4.15. The summed E-state index contributed by atoms with van der Waals surface area (Å²) in [6, 6.07) is 0. The molecular weight excluding hydrogens is 216 g/mol. The number of pyridine rings is 1. The fourth-order valence-corrected chi connectivity index (χ4v) is 1.26. The number of hydrogen-bond donors (Lipinski definition) is 1. The molecule has 14 heavy (non-hydrogen) atoms. The van der Waals surface area contributed by atoms with Gasteiger partial charge in [-0.3, -0.25) is 9.78 Å². The average molecular weight is 222 g/mol. The summed E-state index contributed by atoms with van der Waals surface area (Å²) >= 11 is 5.36. The monoisotopic (exact) mass is 221 g/mol. The van der Waals surface area contributed by atoms with Crippen LogP contribution in [0.25, 0.3) is 0 Å². The van der Waals surface area contributed by atoms with Crippen LogP contribution in [0.5, 0.6) is 5.75 Å². The second-order valence-corrected chi connectivity index (χ2v) is 2.74. The van der Waals surface area contributed by atoms with E-state index in [9.17, 15) is 13.6 Å². The molecule has 0 unspecified atom stereocenters. The summed E-state index contributed by atoms with van der Waals surface area (Å²) in [5.41, 5.74) is -1.15. The van der Waals surface area contributed by atoms with Crippen LogP contribution in [0.3, 0.4) is 0 Å². The van der Waals surface area contributed by atoms with Crippen LogP contribution in [0.2, 0.25) is 0 Å². The van der Waals surface area contributed by atoms with E-state index in [0.29, 0.717) is 0 Å². The Bertz CT molecular complexity index is 357. The van der Waals surface area contributed by atoms with Crippen molar-refractivity contribution in [3.8, 4) is 5.75 Å². The van der Waals surface area contributed by atoms with Gasteiger partial charge in [0.05, 0.1) is 28.9 Å². The molecule has 0 bridgehead atoms. The summed E-state index contributed by atoms with van der Waals surface area (Å²) < 4.78 is 24.9. The van der Waals surface area contributed by atoms with Gasteiger partial charge in [-0.1, -0.05) is 0 Å². The first-order valence-electron chi connectivity index (χ1n) is 3.61. The van der Waals surface area contributed by atoms with E-state index in [1.807, 2.05) is 0 Å². The van der Waals surface area contributed by atoms with Gasteiger partial charge >= 0.3 is 0 Å². The van der Waals surface area contributed by atoms with Gasteiger partial charge in [-0.15, -0.1) is 11.6 Å². The summed E-state index contributed by atoms with van der Waals surface area (Å²) in [5.74, 6) is -0.801. The first kappa shape index (κ1) is 10.8. The zero-order chi connectivity index (χ0) is 10.7. The van der Waals surface area contributed by atoms with Crippen molar-refractivity contribution >= 4 is 17.9 Å². The summed E-state index contributed by atoms with van der Waals surface area (Å²) in [7, 11) is 0. The van der Waals surface area contributed by atoms with Gasteiger partial charge in [0, 0.05) is 0 Å². The van der Waals surface area contributed by atoms with Gasteiger partial charge in [-0.2, -0.15) is 0 Å². The molecule has 6 heteroatoms. The Morgan fingerprint density at radius 2 is 2.29 bits per heavy atom. The Hall–Kier alpha value is -1.23. The number of carbonyl (C=O) groups is 1. The number of aromatic nitrogens is 1. The minimum Gasteiger partial charge on any atom is -0.506 e. The third kappa shape index (κ3) is 1.82. The van der Waals surface area contributed by atoms with E-state index in [4.69, 9.17) is 16.7 Å². The standard InChI is InChI=1S/C8H6ClF2NO2/c9-1-5-7(8(10)11)4(3-13)6(14)2-12-5/h2-3,8,14H,1H2. The second kappa shape index (κ2) is 4.32. The van der Waals surface area contributed by atoms with Gasteiger partial charge in [0.15, 0.2) is 6.29 Å². The fraction of sp³-hybridized carbons (Fsp3) is 0.250. The van der Waals surface area contributed by atoms with Gasteiger partial charge < -0.3 is 5.11 Å². The molecule has 0 spiro atoms. The Balaban J connectivity index is 3.43. The Morgan fingerprint density at radius 1 is 1.64 bits per heavy atom. The first-order chi connectivity index (χ1) is 6.61. The minimum atomic E-state index is -2.89. The zero-order valence-corrected chi connectivity index (χ0v) is 7.63. The van der Waals surface area contributed by atoms with Crippen molar-refractivity contribution in [2.45, 2.75) is 12.3 Å². The van der Waals surface area contributed by atoms with E-state index in [1.54, 1.807) is 0 Å². The number of carbonyl (C=O) groups excluding carboxylic acids is 1. The van der Waals surface area contributed by atoms with Crippen molar-refractivity contribution in [3.63, 3.8) is 0 Å². The normalized spacial score (nSPS) is 10.6. The molecule has 0 aromatic carbocycles. The predicted molar refractivity (Wildman–Crippen MR) is 45.8 cm³/mol. The van der Waals surface area contributed by atoms with E-state index in [0.717, 1.165) is 6.20 Å². The van der Waals surface area contributed by atoms with Crippen molar-refractivity contribution in [2.24, 2.45) is 0 Å². The van der Waals surface area contributed by atoms with Crippen molar-refractivity contribution in [1.29, 1.82) is 0 Å². The van der Waals surface area contributed by atoms with Gasteiger partial charge in [-0.25, -0.2) is 8.78 Å². The highest BCUT2D eigenvalue weighted by molar-refractivity contribution is 6.17. The Morgan fingerprint density at radius 3 is 2.71 bits per heavy atom. The van der Waals surface area contributed by atoms with E-state index < -0.39 is 23.3 Å². The maximum atomic E-state index is 12.5. The third-order valence-corrected chi connectivity index (χ3v) is 1.94. The molecule has 0 atom stereocenters. The highest BCUT2D eigenvalue weighted by atomic mass is 35.5. The molecule has 0 fully saturated rings. The topological polar surface area (TPSA) is 50.2 Å². The van der Waals surface area contributed by atoms with Crippen LogP contribution in [-0.4, -0.2) is 16.4 Å². The molecule has 0 aliphatic heterocycles. The van der Waals surface area contributed by atoms with E-state index in [1.165, 1.54) is 0 Å². The predicted octanol–water partition coefficient (Wildman–Crippen LogP) is 2.28. The smallest absolute Gasteiger partial charge is 0.266 e. The number of nitrogens with zero attached hydrogens (tertiary/aromatic N) is 1. The summed E-state index contributed by atoms with van der Waals surface area (Å²) in [4.78, 5) is 14.0. The molecule has 1 aromatic heterocycles. The van der Waals surface area contributed by atoms with Gasteiger partial charge in [0.1, 0.15) is 5.75 Å². The van der Waals surface area contributed by atoms with Crippen LogP contribution in [0.15, 0.2) is 6.20 Å².